The molecule has 0 aromatic heterocycles. The zero-order valence-electron chi connectivity index (χ0n) is 9.33. The molecule has 5 heteroatoms. The number of carboxylic acid groups (broad SMARTS) is 1. The summed E-state index contributed by atoms with van der Waals surface area (Å²) in [6.07, 6.45) is 3.42. The quantitative estimate of drug-likeness (QED) is 0.820. The highest BCUT2D eigenvalue weighted by Crippen LogP contribution is 2.26. The van der Waals surface area contributed by atoms with E-state index >= 15 is 0 Å². The zero-order chi connectivity index (χ0) is 13.1. The van der Waals surface area contributed by atoms with Crippen LogP contribution in [-0.2, 0) is 15.1 Å². The maximum atomic E-state index is 11.3. The molecule has 0 amide bonds. The topological polar surface area (TPSA) is 71.4 Å². The molecule has 0 saturated heterocycles. The van der Waals surface area contributed by atoms with Crippen molar-refractivity contribution in [3.05, 3.63) is 53.6 Å². The highest BCUT2D eigenvalue weighted by molar-refractivity contribution is 7.73. The fourth-order valence-corrected chi connectivity index (χ4v) is 2.46. The van der Waals surface area contributed by atoms with E-state index in [1.807, 2.05) is 6.07 Å². The average molecular weight is 262 g/mol. The fraction of sp³-hybridized carbons (Fsp3) is 0.0769. The molecular formula is C13H10O4S. The van der Waals surface area contributed by atoms with Crippen LogP contribution in [0.2, 0.25) is 0 Å². The Morgan fingerprint density at radius 2 is 1.83 bits per heavy atom. The Kier molecular flexibility index (Phi) is 3.43. The first-order valence-electron chi connectivity index (χ1n) is 5.26. The lowest BCUT2D eigenvalue weighted by molar-refractivity contribution is -0.131. The molecule has 4 nitrogen and oxygen atoms in total. The Bertz CT molecular complexity index is 671. The minimum atomic E-state index is -2.52. The fourth-order valence-electron chi connectivity index (χ4n) is 1.86. The van der Waals surface area contributed by atoms with Crippen LogP contribution in [0.3, 0.4) is 0 Å². The monoisotopic (exact) mass is 262 g/mol. The normalized spacial score (nSPS) is 14.8. The van der Waals surface area contributed by atoms with Crippen LogP contribution in [0.5, 0.6) is 0 Å². The van der Waals surface area contributed by atoms with E-state index in [4.69, 9.17) is 0 Å². The van der Waals surface area contributed by atoms with Gasteiger partial charge in [-0.2, -0.15) is 8.42 Å². The van der Waals surface area contributed by atoms with Crippen LogP contribution in [0.4, 0.5) is 0 Å². The highest BCUT2D eigenvalue weighted by atomic mass is 32.2. The number of benzene rings is 1. The summed E-state index contributed by atoms with van der Waals surface area (Å²) in [5.74, 6) is -1.22. The summed E-state index contributed by atoms with van der Waals surface area (Å²) in [6.45, 7) is 0. The van der Waals surface area contributed by atoms with Gasteiger partial charge in [-0.25, -0.2) is 4.79 Å². The van der Waals surface area contributed by atoms with Gasteiger partial charge in [0.2, 0.25) is 10.3 Å². The third-order valence-corrected chi connectivity index (χ3v) is 3.41. The molecule has 0 aliphatic heterocycles. The van der Waals surface area contributed by atoms with Crippen molar-refractivity contribution in [3.63, 3.8) is 0 Å². The lowest BCUT2D eigenvalue weighted by atomic mass is 9.92. The molecule has 18 heavy (non-hydrogen) atoms. The molecule has 92 valence electrons. The second-order valence-corrected chi connectivity index (χ2v) is 4.69. The summed E-state index contributed by atoms with van der Waals surface area (Å²) in [5, 5.41) is 9.20. The third-order valence-electron chi connectivity index (χ3n) is 2.64. The van der Waals surface area contributed by atoms with Gasteiger partial charge in [0.15, 0.2) is 0 Å². The first-order valence-corrected chi connectivity index (χ1v) is 6.33. The van der Waals surface area contributed by atoms with E-state index in [1.165, 1.54) is 0 Å². The predicted octanol–water partition coefficient (Wildman–Crippen LogP) is 1.54. The van der Waals surface area contributed by atoms with Gasteiger partial charge < -0.3 is 5.11 Å². The molecule has 0 bridgehead atoms. The van der Waals surface area contributed by atoms with Crippen LogP contribution in [0.25, 0.3) is 5.57 Å². The minimum Gasteiger partial charge on any atom is -0.478 e. The van der Waals surface area contributed by atoms with Gasteiger partial charge in [-0.15, -0.1) is 0 Å². The van der Waals surface area contributed by atoms with Crippen molar-refractivity contribution in [1.29, 1.82) is 0 Å². The Labute approximate surface area is 105 Å². The summed E-state index contributed by atoms with van der Waals surface area (Å²) >= 11 is 0. The van der Waals surface area contributed by atoms with Gasteiger partial charge in [-0.1, -0.05) is 42.5 Å². The number of aliphatic carboxylic acids is 1. The first kappa shape index (κ1) is 12.3. The van der Waals surface area contributed by atoms with Gasteiger partial charge in [0.25, 0.3) is 0 Å². The van der Waals surface area contributed by atoms with Crippen LogP contribution in [0, 0.1) is 0 Å². The SMILES string of the molecule is O=C(O)C1=C(c2ccccc2)C=CCC1=S(=O)=O. The maximum absolute atomic E-state index is 11.3. The van der Waals surface area contributed by atoms with E-state index in [9.17, 15) is 18.3 Å². The Morgan fingerprint density at radius 1 is 1.17 bits per heavy atom. The molecule has 0 fully saturated rings. The lowest BCUT2D eigenvalue weighted by Gasteiger charge is -2.13. The Balaban J connectivity index is 2.75. The first-order chi connectivity index (χ1) is 8.61. The largest absolute Gasteiger partial charge is 0.478 e. The van der Waals surface area contributed by atoms with Crippen LogP contribution in [-0.4, -0.2) is 24.4 Å². The molecule has 2 rings (SSSR count). The molecule has 1 aliphatic carbocycles. The Morgan fingerprint density at radius 3 is 2.39 bits per heavy atom. The van der Waals surface area contributed by atoms with Gasteiger partial charge in [0, 0.05) is 6.42 Å². The smallest absolute Gasteiger partial charge is 0.337 e. The number of carbonyl (C=O) groups is 1. The zero-order valence-corrected chi connectivity index (χ0v) is 10.1. The molecule has 1 aromatic rings. The van der Waals surface area contributed by atoms with Crippen molar-refractivity contribution in [3.8, 4) is 0 Å². The highest BCUT2D eigenvalue weighted by Gasteiger charge is 2.23. The second kappa shape index (κ2) is 5.01. The molecular weight excluding hydrogens is 252 g/mol. The minimum absolute atomic E-state index is 0.0798. The van der Waals surface area contributed by atoms with Crippen LogP contribution < -0.4 is 0 Å². The molecule has 1 aromatic carbocycles. The third kappa shape index (κ3) is 2.26. The molecule has 1 aliphatic rings. The van der Waals surface area contributed by atoms with Crippen molar-refractivity contribution in [2.75, 3.05) is 0 Å². The summed E-state index contributed by atoms with van der Waals surface area (Å²) in [7, 11) is -2.52. The average Bonchev–Trinajstić information content (AvgIpc) is 2.38. The number of hydrogen-bond acceptors (Lipinski definition) is 3. The maximum Gasteiger partial charge on any atom is 0.337 e. The van der Waals surface area contributed by atoms with E-state index in [2.05, 4.69) is 0 Å². The van der Waals surface area contributed by atoms with Crippen molar-refractivity contribution < 1.29 is 18.3 Å². The summed E-state index contributed by atoms with van der Waals surface area (Å²) in [5.41, 5.74) is 0.972. The van der Waals surface area contributed by atoms with E-state index < -0.39 is 16.3 Å². The van der Waals surface area contributed by atoms with Crippen molar-refractivity contribution in [1.82, 2.24) is 0 Å². The van der Waals surface area contributed by atoms with Crippen molar-refractivity contribution in [2.24, 2.45) is 0 Å². The van der Waals surface area contributed by atoms with E-state index in [1.54, 1.807) is 36.4 Å². The van der Waals surface area contributed by atoms with Gasteiger partial charge in [0.1, 0.15) is 0 Å². The van der Waals surface area contributed by atoms with Gasteiger partial charge in [0.05, 0.1) is 10.4 Å². The number of allylic oxidation sites excluding steroid dienone is 3. The Hall–Kier alpha value is -2.14. The summed E-state index contributed by atoms with van der Waals surface area (Å²) in [4.78, 5) is 11.2. The van der Waals surface area contributed by atoms with Crippen LogP contribution in [0.1, 0.15) is 12.0 Å². The van der Waals surface area contributed by atoms with Crippen molar-refractivity contribution >= 4 is 26.7 Å². The van der Waals surface area contributed by atoms with Crippen molar-refractivity contribution in [2.45, 2.75) is 6.42 Å². The number of carboxylic acids is 1. The molecule has 0 saturated carbocycles. The second-order valence-electron chi connectivity index (χ2n) is 3.72. The number of rotatable bonds is 2. The van der Waals surface area contributed by atoms with Crippen LogP contribution in [0.15, 0.2) is 48.1 Å². The molecule has 0 radical (unpaired) electrons. The van der Waals surface area contributed by atoms with E-state index in [-0.39, 0.29) is 16.9 Å². The van der Waals surface area contributed by atoms with E-state index in [0.29, 0.717) is 11.1 Å². The molecule has 0 unspecified atom stereocenters. The molecule has 1 N–H and O–H groups in total. The molecule has 0 heterocycles. The predicted molar refractivity (Wildman–Crippen MR) is 68.7 cm³/mol. The van der Waals surface area contributed by atoms with Crippen LogP contribution >= 0.6 is 0 Å². The summed E-state index contributed by atoms with van der Waals surface area (Å²) in [6, 6.07) is 8.86. The molecule has 0 spiro atoms. The van der Waals surface area contributed by atoms with Gasteiger partial charge >= 0.3 is 5.97 Å². The van der Waals surface area contributed by atoms with E-state index in [0.717, 1.165) is 0 Å². The lowest BCUT2D eigenvalue weighted by Crippen LogP contribution is -2.17. The van der Waals surface area contributed by atoms with Gasteiger partial charge in [-0.05, 0) is 11.1 Å². The van der Waals surface area contributed by atoms with Gasteiger partial charge in [-0.3, -0.25) is 0 Å². The number of hydrogen-bond donors (Lipinski definition) is 1. The standard InChI is InChI=1S/C13H10O4S/c14-13(15)12-10(9-5-2-1-3-6-9)7-4-8-11(12)18(16)17/h1-7H,8H2,(H,14,15). The molecule has 0 atom stereocenters. The summed E-state index contributed by atoms with van der Waals surface area (Å²) < 4.78 is 22.2.